The molecule has 3 rings (SSSR count). The summed E-state index contributed by atoms with van der Waals surface area (Å²) in [7, 11) is 0. The third-order valence-corrected chi connectivity index (χ3v) is 5.02. The van der Waals surface area contributed by atoms with Gasteiger partial charge in [-0.25, -0.2) is 9.97 Å². The number of carbonyl (C=O) groups excluding carboxylic acids is 1. The number of nitrogen functional groups attached to an aromatic ring is 1. The molecule has 3 N–H and O–H groups in total. The number of rotatable bonds is 6. The first-order valence-corrected chi connectivity index (χ1v) is 9.71. The fourth-order valence-electron chi connectivity index (χ4n) is 3.36. The van der Waals surface area contributed by atoms with Crippen LogP contribution in [0.4, 0.5) is 30.5 Å². The first-order valence-electron chi connectivity index (χ1n) is 9.71. The molecule has 0 unspecified atom stereocenters. The second-order valence-corrected chi connectivity index (χ2v) is 7.02. The van der Waals surface area contributed by atoms with Gasteiger partial charge >= 0.3 is 12.1 Å². The van der Waals surface area contributed by atoms with Gasteiger partial charge in [-0.1, -0.05) is 12.1 Å². The molecule has 0 radical (unpaired) electrons. The first-order chi connectivity index (χ1) is 14.3. The van der Waals surface area contributed by atoms with Crippen LogP contribution in [0.3, 0.4) is 0 Å². The Labute approximate surface area is 172 Å². The van der Waals surface area contributed by atoms with Crippen molar-refractivity contribution in [2.45, 2.75) is 32.5 Å². The number of nitrogens with zero attached hydrogens (tertiary/aromatic N) is 3. The summed E-state index contributed by atoms with van der Waals surface area (Å²) >= 11 is 0. The number of hydrogen-bond acceptors (Lipinski definition) is 7. The number of benzene rings is 1. The Hall–Kier alpha value is -3.04. The van der Waals surface area contributed by atoms with Crippen molar-refractivity contribution in [3.8, 4) is 0 Å². The van der Waals surface area contributed by atoms with Gasteiger partial charge in [-0.3, -0.25) is 4.79 Å². The Bertz CT molecular complexity index is 866. The Balaban J connectivity index is 1.62. The molecule has 162 valence electrons. The summed E-state index contributed by atoms with van der Waals surface area (Å²) in [6.07, 6.45) is -1.68. The van der Waals surface area contributed by atoms with Crippen molar-refractivity contribution >= 4 is 23.3 Å². The van der Waals surface area contributed by atoms with E-state index >= 15 is 0 Å². The molecule has 10 heteroatoms. The molecule has 0 amide bonds. The van der Waals surface area contributed by atoms with Crippen molar-refractivity contribution < 1.29 is 22.7 Å². The molecular weight excluding hydrogens is 399 g/mol. The normalized spacial score (nSPS) is 15.1. The monoisotopic (exact) mass is 423 g/mol. The van der Waals surface area contributed by atoms with E-state index < -0.39 is 11.7 Å². The highest BCUT2D eigenvalue weighted by molar-refractivity contribution is 5.76. The number of anilines is 3. The molecule has 0 spiro atoms. The van der Waals surface area contributed by atoms with Gasteiger partial charge in [0.15, 0.2) is 11.6 Å². The number of hydrogen-bond donors (Lipinski definition) is 2. The second-order valence-electron chi connectivity index (χ2n) is 7.02. The van der Waals surface area contributed by atoms with Crippen molar-refractivity contribution in [2.24, 2.45) is 5.92 Å². The largest absolute Gasteiger partial charge is 0.466 e. The number of aromatic nitrogens is 2. The zero-order valence-electron chi connectivity index (χ0n) is 16.6. The van der Waals surface area contributed by atoms with Crippen LogP contribution in [0.2, 0.25) is 0 Å². The maximum atomic E-state index is 12.7. The topological polar surface area (TPSA) is 93.4 Å². The van der Waals surface area contributed by atoms with Gasteiger partial charge in [-0.15, -0.1) is 0 Å². The van der Waals surface area contributed by atoms with Crippen LogP contribution >= 0.6 is 0 Å². The highest BCUT2D eigenvalue weighted by Gasteiger charge is 2.30. The van der Waals surface area contributed by atoms with Gasteiger partial charge in [0, 0.05) is 19.6 Å². The molecule has 7 nitrogen and oxygen atoms in total. The summed E-state index contributed by atoms with van der Waals surface area (Å²) in [6, 6.07) is 4.90. The van der Waals surface area contributed by atoms with Crippen LogP contribution in [0.5, 0.6) is 0 Å². The van der Waals surface area contributed by atoms with E-state index in [1.165, 1.54) is 18.5 Å². The lowest BCUT2D eigenvalue weighted by Gasteiger charge is -2.32. The lowest BCUT2D eigenvalue weighted by Crippen LogP contribution is -2.38. The third kappa shape index (κ3) is 5.11. The molecule has 1 aliphatic rings. The van der Waals surface area contributed by atoms with Crippen LogP contribution in [0.15, 0.2) is 30.6 Å². The Morgan fingerprint density at radius 2 is 1.90 bits per heavy atom. The van der Waals surface area contributed by atoms with Gasteiger partial charge < -0.3 is 20.7 Å². The van der Waals surface area contributed by atoms with E-state index in [2.05, 4.69) is 15.3 Å². The van der Waals surface area contributed by atoms with Crippen LogP contribution in [0.25, 0.3) is 0 Å². The summed E-state index contributed by atoms with van der Waals surface area (Å²) in [6.45, 7) is 3.65. The maximum Gasteiger partial charge on any atom is 0.416 e. The fourth-order valence-corrected chi connectivity index (χ4v) is 3.36. The first kappa shape index (κ1) is 21.7. The predicted molar refractivity (Wildman–Crippen MR) is 107 cm³/mol. The average molecular weight is 423 g/mol. The van der Waals surface area contributed by atoms with Gasteiger partial charge in [0.1, 0.15) is 12.0 Å². The molecule has 1 aliphatic heterocycles. The van der Waals surface area contributed by atoms with E-state index in [-0.39, 0.29) is 18.4 Å². The van der Waals surface area contributed by atoms with E-state index in [4.69, 9.17) is 10.5 Å². The SMILES string of the molecule is CCOC(=O)C1CCN(c2ncnc(NCc3ccc(C(F)(F)F)cc3)c2N)CC1. The minimum absolute atomic E-state index is 0.124. The highest BCUT2D eigenvalue weighted by atomic mass is 19.4. The Morgan fingerprint density at radius 1 is 1.23 bits per heavy atom. The molecule has 0 aliphatic carbocycles. The van der Waals surface area contributed by atoms with Gasteiger partial charge in [-0.2, -0.15) is 13.2 Å². The lowest BCUT2D eigenvalue weighted by atomic mass is 9.97. The molecule has 0 bridgehead atoms. The number of esters is 1. The van der Waals surface area contributed by atoms with Gasteiger partial charge in [0.2, 0.25) is 0 Å². The number of halogens is 3. The second kappa shape index (κ2) is 9.19. The van der Waals surface area contributed by atoms with Crippen molar-refractivity contribution in [1.82, 2.24) is 9.97 Å². The number of alkyl halides is 3. The third-order valence-electron chi connectivity index (χ3n) is 5.02. The fraction of sp³-hybridized carbons (Fsp3) is 0.450. The molecule has 2 heterocycles. The van der Waals surface area contributed by atoms with Crippen LogP contribution < -0.4 is 16.0 Å². The standard InChI is InChI=1S/C20H24F3N5O2/c1-2-30-19(29)14-7-9-28(10-8-14)18-16(24)17(26-12-27-18)25-11-13-3-5-15(6-4-13)20(21,22)23/h3-6,12,14H,2,7-11,24H2,1H3,(H,25,26,27). The molecular formula is C20H24F3N5O2. The number of nitrogens with one attached hydrogen (secondary N) is 1. The zero-order chi connectivity index (χ0) is 21.7. The Morgan fingerprint density at radius 3 is 2.50 bits per heavy atom. The number of piperidine rings is 1. The van der Waals surface area contributed by atoms with Crippen LogP contribution in [0, 0.1) is 5.92 Å². The summed E-state index contributed by atoms with van der Waals surface area (Å²) < 4.78 is 43.1. The number of ether oxygens (including phenoxy) is 1. The number of nitrogens with two attached hydrogens (primary N) is 1. The molecule has 30 heavy (non-hydrogen) atoms. The molecule has 1 aromatic heterocycles. The summed E-state index contributed by atoms with van der Waals surface area (Å²) in [5.41, 5.74) is 6.56. The van der Waals surface area contributed by atoms with Crippen molar-refractivity contribution in [1.29, 1.82) is 0 Å². The molecule has 1 aromatic carbocycles. The van der Waals surface area contributed by atoms with Crippen molar-refractivity contribution in [2.75, 3.05) is 35.6 Å². The van der Waals surface area contributed by atoms with Crippen molar-refractivity contribution in [3.05, 3.63) is 41.7 Å². The lowest BCUT2D eigenvalue weighted by molar-refractivity contribution is -0.148. The van der Waals surface area contributed by atoms with Gasteiger partial charge in [-0.05, 0) is 37.5 Å². The summed E-state index contributed by atoms with van der Waals surface area (Å²) in [5.74, 6) is 0.683. The Kier molecular flexibility index (Phi) is 6.63. The van der Waals surface area contributed by atoms with Crippen molar-refractivity contribution in [3.63, 3.8) is 0 Å². The molecule has 1 saturated heterocycles. The molecule has 0 saturated carbocycles. The maximum absolute atomic E-state index is 12.7. The van der Waals surface area contributed by atoms with Crippen LogP contribution in [0.1, 0.15) is 30.9 Å². The van der Waals surface area contributed by atoms with Gasteiger partial charge in [0.25, 0.3) is 0 Å². The number of carbonyl (C=O) groups is 1. The smallest absolute Gasteiger partial charge is 0.416 e. The zero-order valence-corrected chi connectivity index (χ0v) is 16.6. The van der Waals surface area contributed by atoms with Crippen LogP contribution in [-0.4, -0.2) is 35.6 Å². The van der Waals surface area contributed by atoms with Crippen LogP contribution in [-0.2, 0) is 22.3 Å². The molecule has 0 atom stereocenters. The average Bonchev–Trinajstić information content (AvgIpc) is 2.73. The van der Waals surface area contributed by atoms with E-state index in [1.807, 2.05) is 4.90 Å². The summed E-state index contributed by atoms with van der Waals surface area (Å²) in [5, 5.41) is 3.05. The van der Waals surface area contributed by atoms with E-state index in [0.717, 1.165) is 12.1 Å². The summed E-state index contributed by atoms with van der Waals surface area (Å²) in [4.78, 5) is 22.3. The van der Waals surface area contributed by atoms with Gasteiger partial charge in [0.05, 0.1) is 18.1 Å². The quantitative estimate of drug-likeness (QED) is 0.687. The minimum Gasteiger partial charge on any atom is -0.466 e. The highest BCUT2D eigenvalue weighted by Crippen LogP contribution is 2.31. The molecule has 2 aromatic rings. The van der Waals surface area contributed by atoms with E-state index in [1.54, 1.807) is 6.92 Å². The van der Waals surface area contributed by atoms with E-state index in [0.29, 0.717) is 55.4 Å². The minimum atomic E-state index is -4.36. The molecule has 1 fully saturated rings. The predicted octanol–water partition coefficient (Wildman–Crippen LogP) is 3.47. The van der Waals surface area contributed by atoms with E-state index in [9.17, 15) is 18.0 Å².